The average molecular weight is 253 g/mol. The summed E-state index contributed by atoms with van der Waals surface area (Å²) in [5.74, 6) is -0.571. The van der Waals surface area contributed by atoms with E-state index in [1.807, 2.05) is 13.8 Å². The highest BCUT2D eigenvalue weighted by Gasteiger charge is 2.09. The molecule has 1 rings (SSSR count). The number of carbonyl (C=O) groups is 2. The maximum atomic E-state index is 11.6. The minimum Gasteiger partial charge on any atom is -0.368 e. The molecule has 0 spiro atoms. The molecule has 1 aromatic heterocycles. The van der Waals surface area contributed by atoms with Crippen molar-refractivity contribution >= 4 is 17.5 Å². The number of nitrogens with two attached hydrogens (primary N) is 1. The third-order valence-corrected chi connectivity index (χ3v) is 2.28. The van der Waals surface area contributed by atoms with Gasteiger partial charge in [0.05, 0.1) is 11.9 Å². The second-order valence-corrected chi connectivity index (χ2v) is 4.10. The minimum atomic E-state index is -0.475. The summed E-state index contributed by atoms with van der Waals surface area (Å²) in [6.07, 6.45) is 3.44. The zero-order valence-electron chi connectivity index (χ0n) is 10.6. The van der Waals surface area contributed by atoms with Crippen LogP contribution in [0.3, 0.4) is 0 Å². The first-order chi connectivity index (χ1) is 8.51. The largest absolute Gasteiger partial charge is 0.368 e. The molecule has 0 fully saturated rings. The molecule has 7 heteroatoms. The van der Waals surface area contributed by atoms with Crippen molar-refractivity contribution in [1.29, 1.82) is 0 Å². The van der Waals surface area contributed by atoms with E-state index in [0.29, 0.717) is 12.1 Å². The first-order valence-electron chi connectivity index (χ1n) is 5.85. The van der Waals surface area contributed by atoms with E-state index < -0.39 is 5.91 Å². The van der Waals surface area contributed by atoms with E-state index in [2.05, 4.69) is 15.7 Å². The molecule has 4 N–H and O–H groups in total. The summed E-state index contributed by atoms with van der Waals surface area (Å²) in [5, 5.41) is 9.77. The van der Waals surface area contributed by atoms with Crippen molar-refractivity contribution in [2.45, 2.75) is 32.9 Å². The number of hydrogen-bond acceptors (Lipinski definition) is 4. The molecule has 1 atom stereocenters. The quantitative estimate of drug-likeness (QED) is 0.620. The van der Waals surface area contributed by atoms with Crippen LogP contribution in [0, 0.1) is 0 Å². The fourth-order valence-electron chi connectivity index (χ4n) is 1.58. The first-order valence-corrected chi connectivity index (χ1v) is 5.85. The first kappa shape index (κ1) is 14.2. The van der Waals surface area contributed by atoms with Crippen LogP contribution in [-0.2, 0) is 16.1 Å². The molecule has 0 radical (unpaired) electrons. The van der Waals surface area contributed by atoms with Crippen molar-refractivity contribution in [2.75, 3.05) is 11.9 Å². The molecule has 18 heavy (non-hydrogen) atoms. The Hall–Kier alpha value is -1.89. The van der Waals surface area contributed by atoms with Gasteiger partial charge in [-0.05, 0) is 13.5 Å². The van der Waals surface area contributed by atoms with Gasteiger partial charge >= 0.3 is 0 Å². The van der Waals surface area contributed by atoms with Crippen LogP contribution in [0.4, 0.5) is 5.69 Å². The molecule has 7 nitrogen and oxygen atoms in total. The highest BCUT2D eigenvalue weighted by atomic mass is 16.2. The fourth-order valence-corrected chi connectivity index (χ4v) is 1.58. The topological polar surface area (TPSA) is 102 Å². The van der Waals surface area contributed by atoms with Crippen LogP contribution in [0.25, 0.3) is 0 Å². The van der Waals surface area contributed by atoms with Gasteiger partial charge in [-0.15, -0.1) is 0 Å². The summed E-state index contributed by atoms with van der Waals surface area (Å²) in [6, 6.07) is 0.121. The Balaban J connectivity index is 2.44. The van der Waals surface area contributed by atoms with Crippen LogP contribution in [0.2, 0.25) is 0 Å². The van der Waals surface area contributed by atoms with Gasteiger partial charge in [-0.25, -0.2) is 0 Å². The number of aromatic nitrogens is 2. The average Bonchev–Trinajstić information content (AvgIpc) is 2.64. The number of primary amides is 1. The van der Waals surface area contributed by atoms with Crippen molar-refractivity contribution in [1.82, 2.24) is 15.1 Å². The monoisotopic (exact) mass is 253 g/mol. The molecule has 2 amide bonds. The molecule has 0 aliphatic heterocycles. The van der Waals surface area contributed by atoms with E-state index in [4.69, 9.17) is 5.73 Å². The van der Waals surface area contributed by atoms with Gasteiger partial charge in [-0.3, -0.25) is 14.3 Å². The lowest BCUT2D eigenvalue weighted by atomic mass is 10.2. The summed E-state index contributed by atoms with van der Waals surface area (Å²) in [4.78, 5) is 22.3. The molecule has 1 unspecified atom stereocenters. The Morgan fingerprint density at radius 3 is 2.89 bits per heavy atom. The molecule has 1 heterocycles. The molecule has 0 bridgehead atoms. The van der Waals surface area contributed by atoms with Gasteiger partial charge < -0.3 is 16.4 Å². The highest BCUT2D eigenvalue weighted by molar-refractivity contribution is 5.90. The lowest BCUT2D eigenvalue weighted by Gasteiger charge is -2.11. The third-order valence-electron chi connectivity index (χ3n) is 2.28. The number of nitrogens with zero attached hydrogens (tertiary/aromatic N) is 2. The zero-order valence-corrected chi connectivity index (χ0v) is 10.6. The van der Waals surface area contributed by atoms with Gasteiger partial charge in [-0.1, -0.05) is 6.92 Å². The van der Waals surface area contributed by atoms with Crippen LogP contribution in [0.5, 0.6) is 0 Å². The lowest BCUT2D eigenvalue weighted by molar-refractivity contribution is -0.119. The Labute approximate surface area is 106 Å². The highest BCUT2D eigenvalue weighted by Crippen LogP contribution is 2.05. The molecular formula is C11H19N5O2. The Morgan fingerprint density at radius 2 is 2.28 bits per heavy atom. The predicted molar refractivity (Wildman–Crippen MR) is 67.8 cm³/mol. The van der Waals surface area contributed by atoms with Gasteiger partial charge in [0, 0.05) is 18.7 Å². The molecule has 0 aliphatic carbocycles. The Morgan fingerprint density at radius 1 is 1.56 bits per heavy atom. The molecule has 0 aliphatic rings. The number of rotatable bonds is 7. The van der Waals surface area contributed by atoms with Crippen molar-refractivity contribution in [3.05, 3.63) is 12.4 Å². The SMILES string of the molecule is CCNC(C)CC(=O)Nc1cnn(CC(N)=O)c1. The molecule has 100 valence electrons. The molecule has 0 aromatic carbocycles. The third kappa shape index (κ3) is 4.96. The van der Waals surface area contributed by atoms with Gasteiger partial charge in [0.1, 0.15) is 6.54 Å². The van der Waals surface area contributed by atoms with Crippen molar-refractivity contribution in [2.24, 2.45) is 5.73 Å². The summed E-state index contributed by atoms with van der Waals surface area (Å²) in [7, 11) is 0. The van der Waals surface area contributed by atoms with Crippen LogP contribution in [-0.4, -0.2) is 34.2 Å². The van der Waals surface area contributed by atoms with E-state index in [-0.39, 0.29) is 18.5 Å². The Kier molecular flexibility index (Phi) is 5.31. The minimum absolute atomic E-state index is 0.00363. The van der Waals surface area contributed by atoms with E-state index in [1.165, 1.54) is 10.9 Å². The second-order valence-electron chi connectivity index (χ2n) is 4.10. The summed E-state index contributed by atoms with van der Waals surface area (Å²) in [6.45, 7) is 4.76. The van der Waals surface area contributed by atoms with E-state index >= 15 is 0 Å². The van der Waals surface area contributed by atoms with Crippen LogP contribution < -0.4 is 16.4 Å². The summed E-state index contributed by atoms with van der Waals surface area (Å²) >= 11 is 0. The number of anilines is 1. The fraction of sp³-hybridized carbons (Fsp3) is 0.545. The normalized spacial score (nSPS) is 12.1. The summed E-state index contributed by atoms with van der Waals surface area (Å²) < 4.78 is 1.38. The molecule has 0 saturated heterocycles. The summed E-state index contributed by atoms with van der Waals surface area (Å²) in [5.41, 5.74) is 5.60. The van der Waals surface area contributed by atoms with Gasteiger partial charge in [-0.2, -0.15) is 5.10 Å². The zero-order chi connectivity index (χ0) is 13.5. The standard InChI is InChI=1S/C11H19N5O2/c1-3-13-8(2)4-11(18)15-9-5-14-16(6-9)7-10(12)17/h5-6,8,13H,3-4,7H2,1-2H3,(H2,12,17)(H,15,18). The maximum Gasteiger partial charge on any atom is 0.239 e. The van der Waals surface area contributed by atoms with E-state index in [0.717, 1.165) is 6.54 Å². The van der Waals surface area contributed by atoms with Gasteiger partial charge in [0.2, 0.25) is 11.8 Å². The van der Waals surface area contributed by atoms with Gasteiger partial charge in [0.25, 0.3) is 0 Å². The van der Waals surface area contributed by atoms with Crippen molar-refractivity contribution in [3.63, 3.8) is 0 Å². The number of hydrogen-bond donors (Lipinski definition) is 3. The molecule has 0 saturated carbocycles. The Bertz CT molecular complexity index is 415. The van der Waals surface area contributed by atoms with Crippen molar-refractivity contribution < 1.29 is 9.59 Å². The molecular weight excluding hydrogens is 234 g/mol. The number of amides is 2. The number of nitrogens with one attached hydrogen (secondary N) is 2. The van der Waals surface area contributed by atoms with E-state index in [9.17, 15) is 9.59 Å². The van der Waals surface area contributed by atoms with Crippen LogP contribution in [0.1, 0.15) is 20.3 Å². The van der Waals surface area contributed by atoms with Crippen LogP contribution >= 0.6 is 0 Å². The van der Waals surface area contributed by atoms with Gasteiger partial charge in [0.15, 0.2) is 0 Å². The van der Waals surface area contributed by atoms with Crippen LogP contribution in [0.15, 0.2) is 12.4 Å². The lowest BCUT2D eigenvalue weighted by Crippen LogP contribution is -2.30. The molecule has 1 aromatic rings. The predicted octanol–water partition coefficient (Wildman–Crippen LogP) is -0.305. The van der Waals surface area contributed by atoms with E-state index in [1.54, 1.807) is 6.20 Å². The second kappa shape index (κ2) is 6.75. The maximum absolute atomic E-state index is 11.6. The smallest absolute Gasteiger partial charge is 0.239 e. The van der Waals surface area contributed by atoms with Crippen molar-refractivity contribution in [3.8, 4) is 0 Å². The number of carbonyl (C=O) groups excluding carboxylic acids is 2.